The van der Waals surface area contributed by atoms with Crippen molar-refractivity contribution in [1.29, 1.82) is 0 Å². The molecule has 5 nitrogen and oxygen atoms in total. The van der Waals surface area contributed by atoms with Crippen molar-refractivity contribution in [3.05, 3.63) is 0 Å². The van der Waals surface area contributed by atoms with Gasteiger partial charge < -0.3 is 15.5 Å². The SMILES string of the molecule is CCCC(=O)N1CCCC(C(=O)N2CC3CCC(N)C3C2)C1.Cl. The Morgan fingerprint density at radius 1 is 1.09 bits per heavy atom. The highest BCUT2D eigenvalue weighted by atomic mass is 35.5. The first-order chi connectivity index (χ1) is 10.6. The Kier molecular flexibility index (Phi) is 6.32. The van der Waals surface area contributed by atoms with Crippen LogP contribution in [0.3, 0.4) is 0 Å². The Balaban J connectivity index is 0.00000192. The Labute approximate surface area is 145 Å². The summed E-state index contributed by atoms with van der Waals surface area (Å²) in [7, 11) is 0. The highest BCUT2D eigenvalue weighted by molar-refractivity contribution is 5.85. The van der Waals surface area contributed by atoms with Crippen LogP contribution in [0.15, 0.2) is 0 Å². The van der Waals surface area contributed by atoms with E-state index in [1.807, 2.05) is 16.7 Å². The Hall–Kier alpha value is -0.810. The largest absolute Gasteiger partial charge is 0.342 e. The molecule has 4 unspecified atom stereocenters. The van der Waals surface area contributed by atoms with Crippen LogP contribution in [0.4, 0.5) is 0 Å². The number of nitrogens with two attached hydrogens (primary N) is 1. The predicted molar refractivity (Wildman–Crippen MR) is 92.2 cm³/mol. The van der Waals surface area contributed by atoms with Crippen molar-refractivity contribution >= 4 is 24.2 Å². The van der Waals surface area contributed by atoms with Gasteiger partial charge in [-0.05, 0) is 43.9 Å². The molecule has 3 fully saturated rings. The maximum Gasteiger partial charge on any atom is 0.227 e. The van der Waals surface area contributed by atoms with E-state index >= 15 is 0 Å². The lowest BCUT2D eigenvalue weighted by Crippen LogP contribution is -2.46. The monoisotopic (exact) mass is 343 g/mol. The molecular formula is C17H30ClN3O2. The first-order valence-corrected chi connectivity index (χ1v) is 8.92. The summed E-state index contributed by atoms with van der Waals surface area (Å²) in [5.41, 5.74) is 6.16. The van der Waals surface area contributed by atoms with Gasteiger partial charge in [0.15, 0.2) is 0 Å². The normalized spacial score (nSPS) is 33.3. The highest BCUT2D eigenvalue weighted by Gasteiger charge is 2.44. The third kappa shape index (κ3) is 3.82. The van der Waals surface area contributed by atoms with Gasteiger partial charge in [-0.15, -0.1) is 12.4 Å². The van der Waals surface area contributed by atoms with Crippen LogP contribution in [0.2, 0.25) is 0 Å². The van der Waals surface area contributed by atoms with Crippen LogP contribution in [0.25, 0.3) is 0 Å². The summed E-state index contributed by atoms with van der Waals surface area (Å²) >= 11 is 0. The van der Waals surface area contributed by atoms with E-state index in [-0.39, 0.29) is 36.2 Å². The first kappa shape index (κ1) is 18.5. The van der Waals surface area contributed by atoms with Gasteiger partial charge in [0, 0.05) is 38.6 Å². The van der Waals surface area contributed by atoms with Gasteiger partial charge in [0.05, 0.1) is 5.92 Å². The number of carbonyl (C=O) groups is 2. The van der Waals surface area contributed by atoms with Gasteiger partial charge in [-0.3, -0.25) is 9.59 Å². The highest BCUT2D eigenvalue weighted by Crippen LogP contribution is 2.38. The van der Waals surface area contributed by atoms with Crippen molar-refractivity contribution in [1.82, 2.24) is 9.80 Å². The number of fused-ring (bicyclic) bond motifs is 1. The molecular weight excluding hydrogens is 314 g/mol. The van der Waals surface area contributed by atoms with Crippen molar-refractivity contribution in [3.8, 4) is 0 Å². The van der Waals surface area contributed by atoms with Gasteiger partial charge in [-0.25, -0.2) is 0 Å². The molecule has 1 saturated carbocycles. The third-order valence-corrected chi connectivity index (χ3v) is 5.81. The topological polar surface area (TPSA) is 66.6 Å². The fourth-order valence-electron chi connectivity index (χ4n) is 4.52. The number of likely N-dealkylation sites (tertiary alicyclic amines) is 2. The lowest BCUT2D eigenvalue weighted by molar-refractivity contribution is -0.140. The average molecular weight is 344 g/mol. The third-order valence-electron chi connectivity index (χ3n) is 5.81. The zero-order valence-electron chi connectivity index (χ0n) is 14.1. The number of amides is 2. The summed E-state index contributed by atoms with van der Waals surface area (Å²) in [6.07, 6.45) is 5.63. The summed E-state index contributed by atoms with van der Waals surface area (Å²) < 4.78 is 0. The van der Waals surface area contributed by atoms with Crippen LogP contribution in [0, 0.1) is 17.8 Å². The Bertz CT molecular complexity index is 446. The minimum Gasteiger partial charge on any atom is -0.342 e. The van der Waals surface area contributed by atoms with E-state index < -0.39 is 0 Å². The lowest BCUT2D eigenvalue weighted by atomic mass is 9.96. The predicted octanol–water partition coefficient (Wildman–Crippen LogP) is 1.64. The van der Waals surface area contributed by atoms with Crippen LogP contribution in [0.5, 0.6) is 0 Å². The van der Waals surface area contributed by atoms with Crippen molar-refractivity contribution < 1.29 is 9.59 Å². The van der Waals surface area contributed by atoms with E-state index in [1.165, 1.54) is 6.42 Å². The number of nitrogens with zero attached hydrogens (tertiary/aromatic N) is 2. The van der Waals surface area contributed by atoms with Gasteiger partial charge in [-0.1, -0.05) is 6.92 Å². The molecule has 132 valence electrons. The molecule has 4 atom stereocenters. The van der Waals surface area contributed by atoms with E-state index in [9.17, 15) is 9.59 Å². The fraction of sp³-hybridized carbons (Fsp3) is 0.882. The van der Waals surface area contributed by atoms with E-state index in [4.69, 9.17) is 5.73 Å². The maximum absolute atomic E-state index is 12.8. The molecule has 2 heterocycles. The number of piperidine rings is 1. The standard InChI is InChI=1S/C17H29N3O2.ClH/c1-2-4-16(21)19-8-3-5-13(10-19)17(22)20-9-12-6-7-15(18)14(12)11-20;/h12-15H,2-11,18H2,1H3;1H. The van der Waals surface area contributed by atoms with Gasteiger partial charge in [0.25, 0.3) is 0 Å². The molecule has 0 bridgehead atoms. The number of hydrogen-bond donors (Lipinski definition) is 1. The second-order valence-corrected chi connectivity index (χ2v) is 7.34. The Morgan fingerprint density at radius 2 is 1.87 bits per heavy atom. The molecule has 0 aromatic rings. The first-order valence-electron chi connectivity index (χ1n) is 8.92. The van der Waals surface area contributed by atoms with Crippen LogP contribution in [0.1, 0.15) is 45.4 Å². The summed E-state index contributed by atoms with van der Waals surface area (Å²) in [5, 5.41) is 0. The van der Waals surface area contributed by atoms with Crippen molar-refractivity contribution in [3.63, 3.8) is 0 Å². The van der Waals surface area contributed by atoms with Crippen molar-refractivity contribution in [2.75, 3.05) is 26.2 Å². The fourth-order valence-corrected chi connectivity index (χ4v) is 4.52. The average Bonchev–Trinajstić information content (AvgIpc) is 3.09. The quantitative estimate of drug-likeness (QED) is 0.847. The number of halogens is 1. The zero-order chi connectivity index (χ0) is 15.7. The lowest BCUT2D eigenvalue weighted by Gasteiger charge is -2.34. The number of hydrogen-bond acceptors (Lipinski definition) is 3. The number of rotatable bonds is 3. The maximum atomic E-state index is 12.8. The minimum atomic E-state index is 0. The Morgan fingerprint density at radius 3 is 2.57 bits per heavy atom. The van der Waals surface area contributed by atoms with Gasteiger partial charge >= 0.3 is 0 Å². The van der Waals surface area contributed by atoms with Gasteiger partial charge in [0.2, 0.25) is 11.8 Å². The summed E-state index contributed by atoms with van der Waals surface area (Å²) in [6, 6.07) is 0.275. The molecule has 0 aromatic carbocycles. The number of carbonyl (C=O) groups excluding carboxylic acids is 2. The molecule has 0 spiro atoms. The summed E-state index contributed by atoms with van der Waals surface area (Å²) in [5.74, 6) is 1.59. The van der Waals surface area contributed by atoms with E-state index in [2.05, 4.69) is 0 Å². The second kappa shape index (κ2) is 7.84. The molecule has 3 rings (SSSR count). The summed E-state index contributed by atoms with van der Waals surface area (Å²) in [6.45, 7) is 5.19. The summed E-state index contributed by atoms with van der Waals surface area (Å²) in [4.78, 5) is 28.8. The van der Waals surface area contributed by atoms with Crippen LogP contribution in [-0.2, 0) is 9.59 Å². The molecule has 2 aliphatic heterocycles. The molecule has 23 heavy (non-hydrogen) atoms. The second-order valence-electron chi connectivity index (χ2n) is 7.34. The smallest absolute Gasteiger partial charge is 0.227 e. The van der Waals surface area contributed by atoms with E-state index in [0.29, 0.717) is 24.8 Å². The molecule has 2 amide bonds. The van der Waals surface area contributed by atoms with Gasteiger partial charge in [0.1, 0.15) is 0 Å². The molecule has 0 radical (unpaired) electrons. The van der Waals surface area contributed by atoms with Crippen LogP contribution >= 0.6 is 12.4 Å². The van der Waals surface area contributed by atoms with Gasteiger partial charge in [-0.2, -0.15) is 0 Å². The minimum absolute atomic E-state index is 0. The molecule has 1 aliphatic carbocycles. The van der Waals surface area contributed by atoms with Crippen LogP contribution in [-0.4, -0.2) is 53.8 Å². The molecule has 2 N–H and O–H groups in total. The van der Waals surface area contributed by atoms with Crippen molar-refractivity contribution in [2.45, 2.75) is 51.5 Å². The molecule has 2 saturated heterocycles. The van der Waals surface area contributed by atoms with E-state index in [0.717, 1.165) is 45.3 Å². The van der Waals surface area contributed by atoms with Crippen molar-refractivity contribution in [2.24, 2.45) is 23.5 Å². The zero-order valence-corrected chi connectivity index (χ0v) is 14.9. The molecule has 0 aromatic heterocycles. The van der Waals surface area contributed by atoms with E-state index in [1.54, 1.807) is 0 Å². The molecule has 6 heteroatoms. The molecule has 3 aliphatic rings. The van der Waals surface area contributed by atoms with Crippen LogP contribution < -0.4 is 5.73 Å².